The molecule has 0 aliphatic carbocycles. The molecule has 0 heterocycles. The number of benzene rings is 2. The van der Waals surface area contributed by atoms with Crippen molar-refractivity contribution < 1.29 is 14.3 Å². The maximum absolute atomic E-state index is 12.6. The molecule has 0 fully saturated rings. The first-order chi connectivity index (χ1) is 17.5. The normalized spacial score (nSPS) is 11.5. The van der Waals surface area contributed by atoms with E-state index in [2.05, 4.69) is 31.4 Å². The molecule has 0 aliphatic heterocycles. The van der Waals surface area contributed by atoms with Crippen LogP contribution in [0.15, 0.2) is 48.5 Å². The van der Waals surface area contributed by atoms with Crippen LogP contribution in [-0.2, 0) is 0 Å². The second kappa shape index (κ2) is 17.8. The molecule has 6 heteroatoms. The molecule has 0 bridgehead atoms. The van der Waals surface area contributed by atoms with E-state index in [4.69, 9.17) is 21.7 Å². The molecule has 198 valence electrons. The van der Waals surface area contributed by atoms with Gasteiger partial charge in [0.15, 0.2) is 5.11 Å². The van der Waals surface area contributed by atoms with Crippen molar-refractivity contribution in [3.8, 4) is 11.5 Å². The van der Waals surface area contributed by atoms with Crippen molar-refractivity contribution in [2.45, 2.75) is 85.0 Å². The Hall–Kier alpha value is -2.60. The van der Waals surface area contributed by atoms with Crippen LogP contribution >= 0.6 is 12.2 Å². The predicted molar refractivity (Wildman–Crippen MR) is 154 cm³/mol. The summed E-state index contributed by atoms with van der Waals surface area (Å²) in [6.07, 6.45) is 12.2. The van der Waals surface area contributed by atoms with Crippen molar-refractivity contribution in [1.29, 1.82) is 0 Å². The number of amides is 1. The van der Waals surface area contributed by atoms with E-state index in [0.717, 1.165) is 36.6 Å². The number of ether oxygens (including phenoxy) is 2. The molecule has 1 amide bonds. The van der Waals surface area contributed by atoms with Crippen LogP contribution in [0.1, 0.15) is 95.3 Å². The van der Waals surface area contributed by atoms with Gasteiger partial charge in [0, 0.05) is 11.3 Å². The lowest BCUT2D eigenvalue weighted by molar-refractivity contribution is 0.0977. The van der Waals surface area contributed by atoms with Gasteiger partial charge in [0.1, 0.15) is 11.5 Å². The molecule has 2 N–H and O–H groups in total. The maximum Gasteiger partial charge on any atom is 0.257 e. The van der Waals surface area contributed by atoms with Gasteiger partial charge in [0.25, 0.3) is 5.91 Å². The van der Waals surface area contributed by atoms with Crippen molar-refractivity contribution in [3.63, 3.8) is 0 Å². The summed E-state index contributed by atoms with van der Waals surface area (Å²) in [7, 11) is 0. The van der Waals surface area contributed by atoms with Gasteiger partial charge in [-0.15, -0.1) is 0 Å². The van der Waals surface area contributed by atoms with E-state index < -0.39 is 0 Å². The average Bonchev–Trinajstić information content (AvgIpc) is 2.89. The van der Waals surface area contributed by atoms with Crippen LogP contribution in [0, 0.1) is 5.92 Å². The van der Waals surface area contributed by atoms with Crippen LogP contribution in [0.25, 0.3) is 0 Å². The first-order valence-corrected chi connectivity index (χ1v) is 14.0. The average molecular weight is 513 g/mol. The third kappa shape index (κ3) is 11.9. The summed E-state index contributed by atoms with van der Waals surface area (Å²) in [5.41, 5.74) is 1.33. The van der Waals surface area contributed by atoms with Gasteiger partial charge < -0.3 is 14.8 Å². The minimum Gasteiger partial charge on any atom is -0.494 e. The summed E-state index contributed by atoms with van der Waals surface area (Å²) >= 11 is 5.32. The Morgan fingerprint density at radius 2 is 1.42 bits per heavy atom. The van der Waals surface area contributed by atoms with Crippen LogP contribution in [0.2, 0.25) is 0 Å². The molecule has 36 heavy (non-hydrogen) atoms. The number of thiocarbonyl (C=S) groups is 1. The maximum atomic E-state index is 12.6. The minimum absolute atomic E-state index is 0.253. The molecule has 1 atom stereocenters. The van der Waals surface area contributed by atoms with Gasteiger partial charge in [0.05, 0.1) is 13.2 Å². The third-order valence-electron chi connectivity index (χ3n) is 6.25. The molecule has 0 spiro atoms. The van der Waals surface area contributed by atoms with Crippen molar-refractivity contribution in [1.82, 2.24) is 5.32 Å². The Morgan fingerprint density at radius 3 is 2.08 bits per heavy atom. The zero-order valence-corrected chi connectivity index (χ0v) is 23.1. The summed E-state index contributed by atoms with van der Waals surface area (Å²) in [5, 5.41) is 6.04. The van der Waals surface area contributed by atoms with Gasteiger partial charge >= 0.3 is 0 Å². The molecule has 0 aliphatic rings. The monoisotopic (exact) mass is 512 g/mol. The molecule has 0 aromatic heterocycles. The quantitative estimate of drug-likeness (QED) is 0.165. The topological polar surface area (TPSA) is 59.6 Å². The summed E-state index contributed by atoms with van der Waals surface area (Å²) in [6.45, 7) is 8.08. The highest BCUT2D eigenvalue weighted by atomic mass is 32.1. The first-order valence-electron chi connectivity index (χ1n) is 13.6. The summed E-state index contributed by atoms with van der Waals surface area (Å²) in [6, 6.07) is 14.8. The Balaban J connectivity index is 1.71. The molecule has 0 saturated heterocycles. The van der Waals surface area contributed by atoms with E-state index in [1.165, 1.54) is 51.4 Å². The highest BCUT2D eigenvalue weighted by Crippen LogP contribution is 2.18. The van der Waals surface area contributed by atoms with Crippen LogP contribution < -0.4 is 20.1 Å². The lowest BCUT2D eigenvalue weighted by Crippen LogP contribution is -2.34. The zero-order chi connectivity index (χ0) is 26.0. The Bertz CT molecular complexity index is 884. The smallest absolute Gasteiger partial charge is 0.257 e. The SMILES string of the molecule is CCCCCCCCOc1ccc(NC(=S)NC(=O)c2ccc(OCC(CC)CCCC)cc2)cc1. The highest BCUT2D eigenvalue weighted by Gasteiger charge is 2.10. The van der Waals surface area contributed by atoms with E-state index in [9.17, 15) is 4.79 Å². The number of unbranched alkanes of at least 4 members (excludes halogenated alkanes) is 6. The fourth-order valence-corrected chi connectivity index (χ4v) is 4.07. The van der Waals surface area contributed by atoms with E-state index in [0.29, 0.717) is 18.1 Å². The second-order valence-electron chi connectivity index (χ2n) is 9.30. The molecule has 1 unspecified atom stereocenters. The van der Waals surface area contributed by atoms with Crippen molar-refractivity contribution in [3.05, 3.63) is 54.1 Å². The van der Waals surface area contributed by atoms with E-state index in [1.54, 1.807) is 12.1 Å². The van der Waals surface area contributed by atoms with E-state index >= 15 is 0 Å². The van der Waals surface area contributed by atoms with Crippen LogP contribution in [0.3, 0.4) is 0 Å². The third-order valence-corrected chi connectivity index (χ3v) is 6.46. The largest absolute Gasteiger partial charge is 0.494 e. The number of carbonyl (C=O) groups excluding carboxylic acids is 1. The molecule has 2 aromatic carbocycles. The molecular weight excluding hydrogens is 468 g/mol. The predicted octanol–water partition coefficient (Wildman–Crippen LogP) is 8.15. The number of carbonyl (C=O) groups is 1. The van der Waals surface area contributed by atoms with Gasteiger partial charge in [-0.05, 0) is 79.5 Å². The fourth-order valence-electron chi connectivity index (χ4n) is 3.86. The van der Waals surface area contributed by atoms with Crippen molar-refractivity contribution >= 4 is 28.9 Å². The van der Waals surface area contributed by atoms with E-state index in [1.807, 2.05) is 36.4 Å². The van der Waals surface area contributed by atoms with Crippen LogP contribution in [-0.4, -0.2) is 24.2 Å². The molecule has 2 aromatic rings. The van der Waals surface area contributed by atoms with Crippen LogP contribution in [0.4, 0.5) is 5.69 Å². The van der Waals surface area contributed by atoms with Gasteiger partial charge in [-0.25, -0.2) is 0 Å². The Kier molecular flexibility index (Phi) is 14.6. The lowest BCUT2D eigenvalue weighted by atomic mass is 10.0. The van der Waals surface area contributed by atoms with Crippen LogP contribution in [0.5, 0.6) is 11.5 Å². The second-order valence-corrected chi connectivity index (χ2v) is 9.71. The van der Waals surface area contributed by atoms with Crippen molar-refractivity contribution in [2.24, 2.45) is 5.92 Å². The van der Waals surface area contributed by atoms with Crippen molar-refractivity contribution in [2.75, 3.05) is 18.5 Å². The summed E-state index contributed by atoms with van der Waals surface area (Å²) in [5.74, 6) is 1.92. The molecular formula is C30H44N2O3S. The first kappa shape index (κ1) is 29.6. The Morgan fingerprint density at radius 1 is 0.806 bits per heavy atom. The van der Waals surface area contributed by atoms with E-state index in [-0.39, 0.29) is 11.0 Å². The van der Waals surface area contributed by atoms with Gasteiger partial charge in [-0.3, -0.25) is 10.1 Å². The number of hydrogen-bond donors (Lipinski definition) is 2. The number of hydrogen-bond acceptors (Lipinski definition) is 4. The molecule has 0 saturated carbocycles. The molecule has 2 rings (SSSR count). The highest BCUT2D eigenvalue weighted by molar-refractivity contribution is 7.80. The minimum atomic E-state index is -0.257. The number of nitrogens with one attached hydrogen (secondary N) is 2. The standard InChI is InChI=1S/C30H44N2O3S/c1-4-7-9-10-11-12-22-34-27-20-16-26(17-21-27)31-30(36)32-29(33)25-14-18-28(19-15-25)35-23-24(6-3)13-8-5-2/h14-21,24H,4-13,22-23H2,1-3H3,(H2,31,32,33,36). The van der Waals surface area contributed by atoms with Gasteiger partial charge in [0.2, 0.25) is 0 Å². The summed E-state index contributed by atoms with van der Waals surface area (Å²) in [4.78, 5) is 12.6. The number of anilines is 1. The van der Waals surface area contributed by atoms with Gasteiger partial charge in [-0.1, -0.05) is 72.1 Å². The lowest BCUT2D eigenvalue weighted by Gasteiger charge is -2.15. The Labute approximate surface area is 223 Å². The summed E-state index contributed by atoms with van der Waals surface area (Å²) < 4.78 is 11.7. The number of rotatable bonds is 17. The molecule has 5 nitrogen and oxygen atoms in total. The fraction of sp³-hybridized carbons (Fsp3) is 0.533. The zero-order valence-electron chi connectivity index (χ0n) is 22.3. The van der Waals surface area contributed by atoms with Gasteiger partial charge in [-0.2, -0.15) is 0 Å². The molecule has 0 radical (unpaired) electrons.